The zero-order valence-electron chi connectivity index (χ0n) is 17.6. The fraction of sp³-hybridized carbons (Fsp3) is 0.125. The molecule has 0 fully saturated rings. The highest BCUT2D eigenvalue weighted by molar-refractivity contribution is 6.33. The summed E-state index contributed by atoms with van der Waals surface area (Å²) in [5.41, 5.74) is 3.79. The van der Waals surface area contributed by atoms with E-state index in [-0.39, 0.29) is 12.2 Å². The number of urea groups is 1. The van der Waals surface area contributed by atoms with Crippen molar-refractivity contribution in [2.24, 2.45) is 0 Å². The van der Waals surface area contributed by atoms with Crippen molar-refractivity contribution < 1.29 is 9.53 Å². The van der Waals surface area contributed by atoms with E-state index in [0.29, 0.717) is 33.5 Å². The molecule has 4 aromatic rings. The van der Waals surface area contributed by atoms with Crippen molar-refractivity contribution in [2.75, 3.05) is 10.6 Å². The summed E-state index contributed by atoms with van der Waals surface area (Å²) in [5, 5.41) is 5.94. The van der Waals surface area contributed by atoms with Gasteiger partial charge in [0.05, 0.1) is 22.1 Å². The molecular weight excluding hydrogens is 428 g/mol. The minimum Gasteiger partial charge on any atom is -0.485 e. The van der Waals surface area contributed by atoms with Crippen LogP contribution in [0.15, 0.2) is 71.7 Å². The highest BCUT2D eigenvalue weighted by atomic mass is 35.5. The quantitative estimate of drug-likeness (QED) is 0.440. The van der Waals surface area contributed by atoms with Crippen molar-refractivity contribution in [2.45, 2.75) is 20.5 Å². The lowest BCUT2D eigenvalue weighted by Gasteiger charge is -2.14. The molecule has 2 N–H and O–H groups in total. The molecule has 8 heteroatoms. The fourth-order valence-electron chi connectivity index (χ4n) is 3.18. The lowest BCUT2D eigenvalue weighted by Crippen LogP contribution is -2.20. The normalized spacial score (nSPS) is 10.7. The monoisotopic (exact) mass is 448 g/mol. The molecule has 2 aromatic heterocycles. The molecule has 2 aromatic carbocycles. The minimum atomic E-state index is -0.454. The number of pyridine rings is 1. The molecule has 0 saturated carbocycles. The predicted molar refractivity (Wildman–Crippen MR) is 126 cm³/mol. The number of hydrogen-bond donors (Lipinski definition) is 2. The first-order valence-corrected chi connectivity index (χ1v) is 10.3. The molecule has 0 aliphatic rings. The van der Waals surface area contributed by atoms with Crippen LogP contribution in [-0.4, -0.2) is 15.4 Å². The lowest BCUT2D eigenvalue weighted by atomic mass is 10.2. The summed E-state index contributed by atoms with van der Waals surface area (Å²) in [4.78, 5) is 29.3. The third-order valence-electron chi connectivity index (χ3n) is 4.74. The number of anilines is 2. The molecule has 2 amide bonds. The number of benzene rings is 2. The second kappa shape index (κ2) is 9.11. The van der Waals surface area contributed by atoms with Gasteiger partial charge in [0.1, 0.15) is 18.0 Å². The number of para-hydroxylation sites is 2. The number of aromatic nitrogens is 2. The van der Waals surface area contributed by atoms with E-state index in [2.05, 4.69) is 15.6 Å². The Kier molecular flexibility index (Phi) is 6.09. The average molecular weight is 449 g/mol. The second-order valence-corrected chi connectivity index (χ2v) is 7.77. The lowest BCUT2D eigenvalue weighted by molar-refractivity contribution is 0.261. The van der Waals surface area contributed by atoms with Gasteiger partial charge < -0.3 is 15.4 Å². The summed E-state index contributed by atoms with van der Waals surface area (Å²) in [6.07, 6.45) is 1.74. The number of hydrogen-bond acceptors (Lipinski definition) is 4. The minimum absolute atomic E-state index is 0.0731. The molecule has 0 atom stereocenters. The van der Waals surface area contributed by atoms with Crippen molar-refractivity contribution in [1.82, 2.24) is 9.38 Å². The van der Waals surface area contributed by atoms with Crippen LogP contribution in [0.2, 0.25) is 5.02 Å². The molecule has 0 aliphatic carbocycles. The van der Waals surface area contributed by atoms with Gasteiger partial charge in [0.2, 0.25) is 0 Å². The maximum absolute atomic E-state index is 12.5. The Hall–Kier alpha value is -3.84. The van der Waals surface area contributed by atoms with Crippen LogP contribution in [0.1, 0.15) is 16.8 Å². The molecule has 32 heavy (non-hydrogen) atoms. The molecule has 7 nitrogen and oxygen atoms in total. The number of nitrogens with one attached hydrogen (secondary N) is 2. The van der Waals surface area contributed by atoms with Crippen LogP contribution in [0.25, 0.3) is 5.65 Å². The van der Waals surface area contributed by atoms with Crippen LogP contribution in [0, 0.1) is 13.8 Å². The topological polar surface area (TPSA) is 84.7 Å². The summed E-state index contributed by atoms with van der Waals surface area (Å²) >= 11 is 6.19. The SMILES string of the molecule is Cc1ccc(NC(=O)Nc2ccccc2OCc2cc(=O)n3cc(C)ccc3n2)c(Cl)c1. The van der Waals surface area contributed by atoms with E-state index in [1.54, 1.807) is 48.7 Å². The Morgan fingerprint density at radius 1 is 1.00 bits per heavy atom. The van der Waals surface area contributed by atoms with E-state index in [9.17, 15) is 9.59 Å². The third kappa shape index (κ3) is 4.90. The van der Waals surface area contributed by atoms with Gasteiger partial charge in [0, 0.05) is 12.3 Å². The Morgan fingerprint density at radius 3 is 2.56 bits per heavy atom. The molecule has 0 saturated heterocycles. The van der Waals surface area contributed by atoms with Crippen LogP contribution in [0.3, 0.4) is 0 Å². The Labute approximate surface area is 189 Å². The van der Waals surface area contributed by atoms with Crippen LogP contribution in [-0.2, 0) is 6.61 Å². The van der Waals surface area contributed by atoms with Crippen LogP contribution < -0.4 is 20.9 Å². The van der Waals surface area contributed by atoms with E-state index in [1.807, 2.05) is 26.0 Å². The number of carbonyl (C=O) groups excluding carboxylic acids is 1. The van der Waals surface area contributed by atoms with Gasteiger partial charge in [-0.3, -0.25) is 9.20 Å². The highest BCUT2D eigenvalue weighted by Gasteiger charge is 2.11. The van der Waals surface area contributed by atoms with Gasteiger partial charge in [-0.2, -0.15) is 0 Å². The number of aryl methyl sites for hydroxylation is 2. The molecule has 0 bridgehead atoms. The number of fused-ring (bicyclic) bond motifs is 1. The molecule has 162 valence electrons. The first kappa shape index (κ1) is 21.4. The van der Waals surface area contributed by atoms with Crippen molar-refractivity contribution >= 4 is 34.7 Å². The number of carbonyl (C=O) groups is 1. The smallest absolute Gasteiger partial charge is 0.323 e. The second-order valence-electron chi connectivity index (χ2n) is 7.37. The maximum atomic E-state index is 12.5. The summed E-state index contributed by atoms with van der Waals surface area (Å²) in [7, 11) is 0. The van der Waals surface area contributed by atoms with Gasteiger partial charge in [-0.05, 0) is 55.3 Å². The summed E-state index contributed by atoms with van der Waals surface area (Å²) in [5.74, 6) is 0.448. The molecule has 0 aliphatic heterocycles. The highest BCUT2D eigenvalue weighted by Crippen LogP contribution is 2.26. The summed E-state index contributed by atoms with van der Waals surface area (Å²) in [6, 6.07) is 17.1. The zero-order chi connectivity index (χ0) is 22.7. The number of ether oxygens (including phenoxy) is 1. The number of rotatable bonds is 5. The van der Waals surface area contributed by atoms with Crippen LogP contribution in [0.5, 0.6) is 5.75 Å². The number of amides is 2. The van der Waals surface area contributed by atoms with Gasteiger partial charge in [-0.15, -0.1) is 0 Å². The Morgan fingerprint density at radius 2 is 1.75 bits per heavy atom. The van der Waals surface area contributed by atoms with E-state index in [4.69, 9.17) is 16.3 Å². The van der Waals surface area contributed by atoms with Gasteiger partial charge in [-0.1, -0.05) is 35.9 Å². The maximum Gasteiger partial charge on any atom is 0.323 e. The fourth-order valence-corrected chi connectivity index (χ4v) is 3.46. The first-order chi connectivity index (χ1) is 15.4. The molecule has 0 radical (unpaired) electrons. The molecule has 0 spiro atoms. The van der Waals surface area contributed by atoms with Gasteiger partial charge in [-0.25, -0.2) is 9.78 Å². The number of nitrogens with zero attached hydrogens (tertiary/aromatic N) is 2. The molecule has 2 heterocycles. The first-order valence-electron chi connectivity index (χ1n) is 9.94. The van der Waals surface area contributed by atoms with Crippen molar-refractivity contribution in [1.29, 1.82) is 0 Å². The van der Waals surface area contributed by atoms with Crippen LogP contribution >= 0.6 is 11.6 Å². The van der Waals surface area contributed by atoms with Gasteiger partial charge >= 0.3 is 6.03 Å². The van der Waals surface area contributed by atoms with Crippen molar-refractivity contribution in [3.05, 3.63) is 99.1 Å². The molecular formula is C24H21ClN4O3. The predicted octanol–water partition coefficient (Wildman–Crippen LogP) is 5.19. The summed E-state index contributed by atoms with van der Waals surface area (Å²) < 4.78 is 7.36. The third-order valence-corrected chi connectivity index (χ3v) is 5.06. The molecule has 0 unspecified atom stereocenters. The number of halogens is 1. The summed E-state index contributed by atoms with van der Waals surface area (Å²) in [6.45, 7) is 3.91. The van der Waals surface area contributed by atoms with E-state index >= 15 is 0 Å². The molecule has 4 rings (SSSR count). The van der Waals surface area contributed by atoms with Crippen molar-refractivity contribution in [3.63, 3.8) is 0 Å². The Bertz CT molecular complexity index is 1370. The standard InChI is InChI=1S/C24H21ClN4O3/c1-15-7-9-19(18(25)11-15)27-24(31)28-20-5-3-4-6-21(20)32-14-17-12-23(30)29-13-16(2)8-10-22(29)26-17/h3-13H,14H2,1-2H3,(H2,27,28,31). The van der Waals surface area contributed by atoms with Crippen molar-refractivity contribution in [3.8, 4) is 5.75 Å². The van der Waals surface area contributed by atoms with E-state index in [0.717, 1.165) is 11.1 Å². The van der Waals surface area contributed by atoms with E-state index in [1.165, 1.54) is 10.5 Å². The zero-order valence-corrected chi connectivity index (χ0v) is 18.3. The van der Waals surface area contributed by atoms with Gasteiger partial charge in [0.15, 0.2) is 0 Å². The Balaban J connectivity index is 1.48. The largest absolute Gasteiger partial charge is 0.485 e. The van der Waals surface area contributed by atoms with Gasteiger partial charge in [0.25, 0.3) is 5.56 Å². The van der Waals surface area contributed by atoms with E-state index < -0.39 is 6.03 Å². The average Bonchev–Trinajstić information content (AvgIpc) is 2.76. The van der Waals surface area contributed by atoms with Crippen LogP contribution in [0.4, 0.5) is 16.2 Å².